The number of fused-ring (bicyclic) bond motifs is 3. The van der Waals surface area contributed by atoms with Crippen LogP contribution < -0.4 is 0 Å². The first-order chi connectivity index (χ1) is 13.5. The Kier molecular flexibility index (Phi) is 3.84. The van der Waals surface area contributed by atoms with Gasteiger partial charge in [0.25, 0.3) is 5.91 Å². The topological polar surface area (TPSA) is 76.2 Å². The lowest BCUT2D eigenvalue weighted by Gasteiger charge is -2.44. The zero-order valence-electron chi connectivity index (χ0n) is 16.2. The van der Waals surface area contributed by atoms with Gasteiger partial charge in [-0.3, -0.25) is 14.5 Å². The smallest absolute Gasteiger partial charge is 0.257 e. The number of carbonyl (C=O) groups is 1. The van der Waals surface area contributed by atoms with E-state index in [9.17, 15) is 9.90 Å². The summed E-state index contributed by atoms with van der Waals surface area (Å²) in [6.07, 6.45) is 10.4. The minimum absolute atomic E-state index is 0.0516. The number of carbonyl (C=O) groups excluding carboxylic acids is 1. The fourth-order valence-corrected chi connectivity index (χ4v) is 5.11. The predicted octanol–water partition coefficient (Wildman–Crippen LogP) is 2.28. The maximum absolute atomic E-state index is 13.2. The van der Waals surface area contributed by atoms with Crippen molar-refractivity contribution < 1.29 is 9.90 Å². The molecule has 2 bridgehead atoms. The van der Waals surface area contributed by atoms with E-state index in [1.165, 1.54) is 0 Å². The van der Waals surface area contributed by atoms with Gasteiger partial charge in [0, 0.05) is 42.6 Å². The maximum Gasteiger partial charge on any atom is 0.257 e. The molecule has 2 fully saturated rings. The summed E-state index contributed by atoms with van der Waals surface area (Å²) in [5.74, 6) is 0.0516. The molecule has 2 aliphatic heterocycles. The molecule has 0 aliphatic carbocycles. The minimum atomic E-state index is -0.811. The van der Waals surface area contributed by atoms with Crippen LogP contribution >= 0.6 is 0 Å². The molecule has 5 rings (SSSR count). The highest BCUT2D eigenvalue weighted by Crippen LogP contribution is 2.42. The third-order valence-corrected chi connectivity index (χ3v) is 6.59. The van der Waals surface area contributed by atoms with Gasteiger partial charge in [-0.15, -0.1) is 0 Å². The maximum atomic E-state index is 13.2. The van der Waals surface area contributed by atoms with Crippen LogP contribution in [0.5, 0.6) is 0 Å². The molecule has 3 aromatic heterocycles. The number of piperidine rings is 1. The number of hydrogen-bond acceptors (Lipinski definition) is 4. The molecule has 5 heterocycles. The number of pyridine rings is 1. The second-order valence-corrected chi connectivity index (χ2v) is 8.38. The third-order valence-electron chi connectivity index (χ3n) is 6.59. The largest absolute Gasteiger partial charge is 0.388 e. The number of aromatic nitrogens is 4. The second kappa shape index (κ2) is 6.17. The molecule has 2 atom stereocenters. The van der Waals surface area contributed by atoms with E-state index >= 15 is 0 Å². The molecule has 28 heavy (non-hydrogen) atoms. The highest BCUT2D eigenvalue weighted by atomic mass is 16.3. The first-order valence-electron chi connectivity index (χ1n) is 9.88. The van der Waals surface area contributed by atoms with Crippen LogP contribution in [0.3, 0.4) is 0 Å². The first kappa shape index (κ1) is 17.4. The van der Waals surface area contributed by atoms with Crippen molar-refractivity contribution in [3.63, 3.8) is 0 Å². The summed E-state index contributed by atoms with van der Waals surface area (Å²) in [6, 6.07) is 4.20. The van der Waals surface area contributed by atoms with E-state index in [1.807, 2.05) is 37.3 Å². The molecule has 2 unspecified atom stereocenters. The van der Waals surface area contributed by atoms with E-state index in [0.717, 1.165) is 29.4 Å². The molecule has 3 aromatic rings. The van der Waals surface area contributed by atoms with Crippen molar-refractivity contribution in [1.82, 2.24) is 24.2 Å². The van der Waals surface area contributed by atoms with Gasteiger partial charge in [0.1, 0.15) is 0 Å². The molecule has 2 saturated heterocycles. The van der Waals surface area contributed by atoms with Crippen LogP contribution in [0.25, 0.3) is 10.9 Å². The van der Waals surface area contributed by atoms with Crippen LogP contribution in [-0.2, 0) is 13.6 Å². The summed E-state index contributed by atoms with van der Waals surface area (Å²) < 4.78 is 3.82. The van der Waals surface area contributed by atoms with Gasteiger partial charge in [0.15, 0.2) is 0 Å². The molecule has 0 spiro atoms. The molecule has 7 heteroatoms. The Morgan fingerprint density at radius 3 is 2.68 bits per heavy atom. The van der Waals surface area contributed by atoms with Gasteiger partial charge in [-0.25, -0.2) is 0 Å². The van der Waals surface area contributed by atoms with Crippen LogP contribution in [0.4, 0.5) is 0 Å². The number of amides is 1. The highest BCUT2D eigenvalue weighted by molar-refractivity contribution is 5.95. The Bertz CT molecular complexity index is 1040. The van der Waals surface area contributed by atoms with E-state index in [2.05, 4.69) is 20.7 Å². The third kappa shape index (κ3) is 2.64. The molecule has 0 radical (unpaired) electrons. The van der Waals surface area contributed by atoms with E-state index in [4.69, 9.17) is 0 Å². The number of rotatable bonds is 3. The predicted molar refractivity (Wildman–Crippen MR) is 105 cm³/mol. The molecule has 0 saturated carbocycles. The molecule has 7 nitrogen and oxygen atoms in total. The number of nitrogens with zero attached hydrogens (tertiary/aromatic N) is 5. The van der Waals surface area contributed by atoms with Gasteiger partial charge in [-0.05, 0) is 44.7 Å². The summed E-state index contributed by atoms with van der Waals surface area (Å²) in [5, 5.41) is 16.8. The highest BCUT2D eigenvalue weighted by Gasteiger charge is 2.49. The zero-order chi connectivity index (χ0) is 19.5. The lowest BCUT2D eigenvalue weighted by molar-refractivity contribution is -0.0533. The minimum Gasteiger partial charge on any atom is -0.388 e. The molecule has 146 valence electrons. The van der Waals surface area contributed by atoms with Crippen molar-refractivity contribution in [1.29, 1.82) is 0 Å². The van der Waals surface area contributed by atoms with E-state index in [-0.39, 0.29) is 18.0 Å². The van der Waals surface area contributed by atoms with Crippen LogP contribution in [0.1, 0.15) is 41.7 Å². The summed E-state index contributed by atoms with van der Waals surface area (Å²) in [7, 11) is 1.85. The Labute approximate surface area is 163 Å². The van der Waals surface area contributed by atoms with E-state index in [1.54, 1.807) is 17.1 Å². The Hall–Kier alpha value is -2.67. The van der Waals surface area contributed by atoms with E-state index < -0.39 is 5.60 Å². The van der Waals surface area contributed by atoms with Crippen molar-refractivity contribution in [3.8, 4) is 0 Å². The standard InChI is InChI=1S/C21H25N5O2/c1-14-18(11-23-24(14)2)20(27)26-16-3-4-17(26)10-21(28,9-16)13-25-8-6-15-5-7-22-12-19(15)25/h5-8,11-12,16-17,28H,3-4,9-10,13H2,1-2H3. The second-order valence-electron chi connectivity index (χ2n) is 8.38. The number of aryl methyl sites for hydroxylation is 1. The van der Waals surface area contributed by atoms with Gasteiger partial charge < -0.3 is 14.6 Å². The van der Waals surface area contributed by atoms with Crippen molar-refractivity contribution in [2.75, 3.05) is 0 Å². The van der Waals surface area contributed by atoms with Gasteiger partial charge in [-0.2, -0.15) is 5.10 Å². The SMILES string of the molecule is Cc1c(C(=O)N2C3CCC2CC(O)(Cn2ccc4ccncc42)C3)cnn1C. The quantitative estimate of drug-likeness (QED) is 0.757. The number of aliphatic hydroxyl groups is 1. The van der Waals surface area contributed by atoms with Gasteiger partial charge >= 0.3 is 0 Å². The van der Waals surface area contributed by atoms with E-state index in [0.29, 0.717) is 24.9 Å². The summed E-state index contributed by atoms with van der Waals surface area (Å²) in [4.78, 5) is 19.4. The van der Waals surface area contributed by atoms with Crippen LogP contribution in [0.2, 0.25) is 0 Å². The Morgan fingerprint density at radius 2 is 2.00 bits per heavy atom. The summed E-state index contributed by atoms with van der Waals surface area (Å²) in [6.45, 7) is 2.46. The first-order valence-corrected chi connectivity index (χ1v) is 9.88. The van der Waals surface area contributed by atoms with Crippen LogP contribution in [0, 0.1) is 6.92 Å². The Balaban J connectivity index is 1.39. The van der Waals surface area contributed by atoms with Crippen molar-refractivity contribution >= 4 is 16.8 Å². The van der Waals surface area contributed by atoms with Crippen LogP contribution in [-0.4, -0.2) is 52.9 Å². The molecule has 1 N–H and O–H groups in total. The average molecular weight is 379 g/mol. The lowest BCUT2D eigenvalue weighted by Crippen LogP contribution is -2.54. The molecule has 1 amide bonds. The van der Waals surface area contributed by atoms with Crippen LogP contribution in [0.15, 0.2) is 36.9 Å². The normalized spacial score (nSPS) is 26.9. The average Bonchev–Trinajstić information content (AvgIpc) is 3.31. The molecule has 0 aromatic carbocycles. The zero-order valence-corrected chi connectivity index (χ0v) is 16.2. The van der Waals surface area contributed by atoms with Crippen molar-refractivity contribution in [2.45, 2.75) is 56.8 Å². The summed E-state index contributed by atoms with van der Waals surface area (Å²) in [5.41, 5.74) is 1.78. The molecular weight excluding hydrogens is 354 g/mol. The Morgan fingerprint density at radius 1 is 1.25 bits per heavy atom. The van der Waals surface area contributed by atoms with Crippen molar-refractivity contribution in [2.24, 2.45) is 7.05 Å². The fourth-order valence-electron chi connectivity index (χ4n) is 5.11. The van der Waals surface area contributed by atoms with Gasteiger partial charge in [0.2, 0.25) is 0 Å². The molecular formula is C21H25N5O2. The van der Waals surface area contributed by atoms with Gasteiger partial charge in [0.05, 0.1) is 35.6 Å². The monoisotopic (exact) mass is 379 g/mol. The number of hydrogen-bond donors (Lipinski definition) is 1. The van der Waals surface area contributed by atoms with Crippen molar-refractivity contribution in [3.05, 3.63) is 48.2 Å². The lowest BCUT2D eigenvalue weighted by atomic mass is 9.85. The van der Waals surface area contributed by atoms with Gasteiger partial charge in [-0.1, -0.05) is 0 Å². The molecule has 2 aliphatic rings. The summed E-state index contributed by atoms with van der Waals surface area (Å²) >= 11 is 0. The fraction of sp³-hybridized carbons (Fsp3) is 0.476.